The van der Waals surface area contributed by atoms with Gasteiger partial charge < -0.3 is 9.47 Å². The zero-order valence-electron chi connectivity index (χ0n) is 16.7. The van der Waals surface area contributed by atoms with Gasteiger partial charge in [-0.1, -0.05) is 50.2 Å². The molecule has 0 spiro atoms. The van der Waals surface area contributed by atoms with Crippen LogP contribution in [0.4, 0.5) is 0 Å². The van der Waals surface area contributed by atoms with E-state index < -0.39 is 0 Å². The van der Waals surface area contributed by atoms with Crippen LogP contribution in [0.15, 0.2) is 72.8 Å². The minimum atomic E-state index is -0.193. The number of hydrogen-bond donors (Lipinski definition) is 0. The highest BCUT2D eigenvalue weighted by atomic mass is 31.1. The van der Waals surface area contributed by atoms with Crippen molar-refractivity contribution in [1.82, 2.24) is 0 Å². The van der Waals surface area contributed by atoms with Gasteiger partial charge in [-0.05, 0) is 53.1 Å². The lowest BCUT2D eigenvalue weighted by Gasteiger charge is -2.36. The summed E-state index contributed by atoms with van der Waals surface area (Å²) in [5.41, 5.74) is 3.42. The molecule has 0 bridgehead atoms. The Kier molecular flexibility index (Phi) is 6.16. The molecule has 0 aliphatic carbocycles. The minimum Gasteiger partial charge on any atom is -0.497 e. The first-order valence-electron chi connectivity index (χ1n) is 9.21. The SMILES string of the molecule is COc1ccc(C(c2ccc(OC)cc2)C(C)(C)c2ccc(P=O)cc2)cc1. The van der Waals surface area contributed by atoms with Gasteiger partial charge >= 0.3 is 0 Å². The number of benzene rings is 3. The Labute approximate surface area is 168 Å². The summed E-state index contributed by atoms with van der Waals surface area (Å²) in [7, 11) is 3.40. The molecule has 4 heteroatoms. The molecule has 0 atom stereocenters. The molecule has 0 amide bonds. The quantitative estimate of drug-likeness (QED) is 0.482. The molecule has 3 aromatic carbocycles. The predicted octanol–water partition coefficient (Wildman–Crippen LogP) is 5.73. The minimum absolute atomic E-state index is 0.0443. The molecule has 0 fully saturated rings. The average molecular weight is 392 g/mol. The van der Waals surface area contributed by atoms with Gasteiger partial charge in [-0.15, -0.1) is 0 Å². The fourth-order valence-electron chi connectivity index (χ4n) is 3.74. The lowest BCUT2D eigenvalue weighted by Crippen LogP contribution is -2.28. The number of rotatable bonds is 7. The first kappa shape index (κ1) is 20.1. The van der Waals surface area contributed by atoms with E-state index in [4.69, 9.17) is 9.47 Å². The van der Waals surface area contributed by atoms with Crippen molar-refractivity contribution in [2.45, 2.75) is 25.2 Å². The molecule has 144 valence electrons. The van der Waals surface area contributed by atoms with Gasteiger partial charge in [0.25, 0.3) is 0 Å². The molecule has 3 rings (SSSR count). The van der Waals surface area contributed by atoms with E-state index in [1.807, 2.05) is 36.4 Å². The van der Waals surface area contributed by atoms with Gasteiger partial charge in [0, 0.05) is 16.6 Å². The maximum absolute atomic E-state index is 11.1. The summed E-state index contributed by atoms with van der Waals surface area (Å²) in [5.74, 6) is 1.81. The molecule has 0 heterocycles. The molecule has 3 aromatic rings. The molecule has 3 nitrogen and oxygen atoms in total. The Morgan fingerprint density at radius 3 is 1.50 bits per heavy atom. The third-order valence-electron chi connectivity index (χ3n) is 5.34. The van der Waals surface area contributed by atoms with Gasteiger partial charge in [0.1, 0.15) is 11.5 Å². The van der Waals surface area contributed by atoms with Crippen LogP contribution in [-0.4, -0.2) is 14.2 Å². The summed E-state index contributed by atoms with van der Waals surface area (Å²) in [6.07, 6.45) is 0. The van der Waals surface area contributed by atoms with Crippen LogP contribution in [0.3, 0.4) is 0 Å². The molecule has 0 unspecified atom stereocenters. The summed E-state index contributed by atoms with van der Waals surface area (Å²) in [5, 5.41) is 0.782. The summed E-state index contributed by atoms with van der Waals surface area (Å²) < 4.78 is 21.8. The molecule has 0 radical (unpaired) electrons. The maximum atomic E-state index is 11.1. The summed E-state index contributed by atoms with van der Waals surface area (Å²) in [6, 6.07) is 24.5. The van der Waals surface area contributed by atoms with Crippen LogP contribution < -0.4 is 14.8 Å². The average Bonchev–Trinajstić information content (AvgIpc) is 2.75. The Morgan fingerprint density at radius 1 is 0.714 bits per heavy atom. The highest BCUT2D eigenvalue weighted by Gasteiger charge is 2.34. The van der Waals surface area contributed by atoms with Crippen molar-refractivity contribution in [2.75, 3.05) is 14.2 Å². The van der Waals surface area contributed by atoms with Gasteiger partial charge in [-0.2, -0.15) is 0 Å². The van der Waals surface area contributed by atoms with Crippen LogP contribution in [0.25, 0.3) is 0 Å². The molecular weight excluding hydrogens is 367 g/mol. The van der Waals surface area contributed by atoms with Gasteiger partial charge in [-0.25, -0.2) is 0 Å². The van der Waals surface area contributed by atoms with Crippen LogP contribution in [0.5, 0.6) is 11.5 Å². The van der Waals surface area contributed by atoms with Gasteiger partial charge in [0.05, 0.1) is 14.2 Å². The van der Waals surface area contributed by atoms with Crippen molar-refractivity contribution in [2.24, 2.45) is 0 Å². The van der Waals surface area contributed by atoms with Crippen molar-refractivity contribution < 1.29 is 14.0 Å². The molecule has 0 saturated heterocycles. The van der Waals surface area contributed by atoms with Crippen molar-refractivity contribution in [3.05, 3.63) is 89.5 Å². The molecule has 28 heavy (non-hydrogen) atoms. The largest absolute Gasteiger partial charge is 0.497 e. The molecular formula is C24H25O3P. The number of ether oxygens (including phenoxy) is 2. The van der Waals surface area contributed by atoms with Crippen LogP contribution in [0.2, 0.25) is 0 Å². The van der Waals surface area contributed by atoms with Gasteiger partial charge in [-0.3, -0.25) is 4.57 Å². The van der Waals surface area contributed by atoms with Crippen LogP contribution in [-0.2, 0) is 9.98 Å². The van der Waals surface area contributed by atoms with E-state index in [0.29, 0.717) is 0 Å². The first-order chi connectivity index (χ1) is 13.5. The fourth-order valence-corrected chi connectivity index (χ4v) is 4.01. The molecule has 0 saturated carbocycles. The zero-order valence-corrected chi connectivity index (χ0v) is 17.6. The molecule has 0 N–H and O–H groups in total. The Balaban J connectivity index is 2.10. The Hall–Kier alpha value is -2.64. The highest BCUT2D eigenvalue weighted by molar-refractivity contribution is 7.34. The monoisotopic (exact) mass is 392 g/mol. The third kappa shape index (κ3) is 4.10. The summed E-state index contributed by atoms with van der Waals surface area (Å²) >= 11 is 0. The fraction of sp³-hybridized carbons (Fsp3) is 0.250. The van der Waals surface area contributed by atoms with E-state index in [2.05, 4.69) is 50.2 Å². The standard InChI is InChI=1S/C24H25O3P/c1-24(2,19-9-15-22(28-25)16-10-19)23(17-5-11-20(26-3)12-6-17)18-7-13-21(27-4)14-8-18/h5-16,23H,1-4H3. The van der Waals surface area contributed by atoms with Crippen LogP contribution in [0, 0.1) is 0 Å². The van der Waals surface area contributed by atoms with Gasteiger partial charge in [0.15, 0.2) is 8.46 Å². The lowest BCUT2D eigenvalue weighted by atomic mass is 9.67. The lowest BCUT2D eigenvalue weighted by molar-refractivity contribution is 0.412. The van der Waals surface area contributed by atoms with Crippen molar-refractivity contribution in [3.8, 4) is 11.5 Å². The third-order valence-corrected chi connectivity index (χ3v) is 5.85. The van der Waals surface area contributed by atoms with E-state index in [1.54, 1.807) is 14.2 Å². The summed E-state index contributed by atoms with van der Waals surface area (Å²) in [4.78, 5) is 0. The van der Waals surface area contributed by atoms with E-state index in [1.165, 1.54) is 16.7 Å². The second kappa shape index (κ2) is 8.58. The van der Waals surface area contributed by atoms with Crippen molar-refractivity contribution in [3.63, 3.8) is 0 Å². The first-order valence-corrected chi connectivity index (χ1v) is 10.0. The Morgan fingerprint density at radius 2 is 1.14 bits per heavy atom. The van der Waals surface area contributed by atoms with E-state index >= 15 is 0 Å². The second-order valence-corrected chi connectivity index (χ2v) is 8.04. The maximum Gasteiger partial charge on any atom is 0.192 e. The summed E-state index contributed by atoms with van der Waals surface area (Å²) in [6.45, 7) is 4.49. The van der Waals surface area contributed by atoms with Gasteiger partial charge in [0.2, 0.25) is 0 Å². The topological polar surface area (TPSA) is 35.5 Å². The smallest absolute Gasteiger partial charge is 0.192 e. The number of methoxy groups -OCH3 is 2. The van der Waals surface area contributed by atoms with Crippen LogP contribution >= 0.6 is 8.46 Å². The van der Waals surface area contributed by atoms with E-state index in [0.717, 1.165) is 16.8 Å². The predicted molar refractivity (Wildman–Crippen MR) is 115 cm³/mol. The second-order valence-electron chi connectivity index (χ2n) is 7.34. The highest BCUT2D eigenvalue weighted by Crippen LogP contribution is 2.43. The Bertz CT molecular complexity index is 866. The number of hydrogen-bond acceptors (Lipinski definition) is 3. The van der Waals surface area contributed by atoms with E-state index in [-0.39, 0.29) is 19.8 Å². The molecule has 0 aliphatic rings. The van der Waals surface area contributed by atoms with Crippen molar-refractivity contribution >= 4 is 13.8 Å². The van der Waals surface area contributed by atoms with Crippen LogP contribution in [0.1, 0.15) is 36.5 Å². The molecule has 0 aromatic heterocycles. The van der Waals surface area contributed by atoms with Crippen molar-refractivity contribution in [1.29, 1.82) is 0 Å². The normalized spacial score (nSPS) is 11.6. The van der Waals surface area contributed by atoms with E-state index in [9.17, 15) is 4.57 Å². The zero-order chi connectivity index (χ0) is 20.1. The molecule has 0 aliphatic heterocycles.